The molecule has 0 aliphatic heterocycles. The molecule has 0 spiro atoms. The van der Waals surface area contributed by atoms with Gasteiger partial charge in [-0.3, -0.25) is 0 Å². The first-order valence-corrected chi connectivity index (χ1v) is 15.3. The van der Waals surface area contributed by atoms with Gasteiger partial charge in [0, 0.05) is 15.6 Å². The van der Waals surface area contributed by atoms with Gasteiger partial charge in [0.1, 0.15) is 34.5 Å². The zero-order valence-electron chi connectivity index (χ0n) is 25.2. The number of rotatable bonds is 10. The predicted octanol–water partition coefficient (Wildman–Crippen LogP) is 5.05. The zero-order chi connectivity index (χ0) is 29.2. The summed E-state index contributed by atoms with van der Waals surface area (Å²) < 4.78 is 35.8. The van der Waals surface area contributed by atoms with Gasteiger partial charge in [-0.1, -0.05) is 23.3 Å². The van der Waals surface area contributed by atoms with Gasteiger partial charge >= 0.3 is 0 Å². The fraction of sp³-hybridized carbons (Fsp3) is 0.333. The first-order valence-electron chi connectivity index (χ1n) is 13.3. The fourth-order valence-electron chi connectivity index (χ4n) is 6.16. The van der Waals surface area contributed by atoms with Gasteiger partial charge in [0.15, 0.2) is 8.07 Å². The van der Waals surface area contributed by atoms with E-state index in [-0.39, 0.29) is 5.92 Å². The van der Waals surface area contributed by atoms with Crippen LogP contribution in [0, 0.1) is 5.92 Å². The number of methoxy groups -OCH3 is 6. The second-order valence-electron chi connectivity index (χ2n) is 10.0. The molecule has 0 saturated carbocycles. The molecule has 0 N–H and O–H groups in total. The molecule has 1 unspecified atom stereocenters. The Morgan fingerprint density at radius 3 is 1.10 bits per heavy atom. The van der Waals surface area contributed by atoms with Crippen LogP contribution in [-0.2, 0) is 0 Å². The van der Waals surface area contributed by atoms with Crippen molar-refractivity contribution in [2.45, 2.75) is 27.7 Å². The Kier molecular flexibility index (Phi) is 8.54. The highest BCUT2D eigenvalue weighted by Gasteiger charge is 2.53. The Labute approximate surface area is 239 Å². The van der Waals surface area contributed by atoms with Crippen molar-refractivity contribution in [3.05, 3.63) is 76.5 Å². The molecule has 7 heteroatoms. The SMILES string of the molecule is COc1ccc(OC)c([Si](C2=C(C)C(C)=C(C)C2C)(c2cc(OC)ccc2OC)c2cc(OC)ccc2OC)c1. The lowest BCUT2D eigenvalue weighted by Gasteiger charge is -2.40. The normalized spacial score (nSPS) is 15.3. The van der Waals surface area contributed by atoms with Crippen LogP contribution in [0.5, 0.6) is 34.5 Å². The first kappa shape index (κ1) is 29.1. The topological polar surface area (TPSA) is 55.4 Å². The summed E-state index contributed by atoms with van der Waals surface area (Å²) in [6, 6.07) is 18.1. The Morgan fingerprint density at radius 2 is 0.850 bits per heavy atom. The average Bonchev–Trinajstić information content (AvgIpc) is 3.19. The zero-order valence-corrected chi connectivity index (χ0v) is 26.2. The lowest BCUT2D eigenvalue weighted by atomic mass is 10.1. The molecule has 0 bridgehead atoms. The summed E-state index contributed by atoms with van der Waals surface area (Å²) in [7, 11) is 6.88. The van der Waals surface area contributed by atoms with Crippen molar-refractivity contribution in [3.63, 3.8) is 0 Å². The molecule has 3 aromatic rings. The van der Waals surface area contributed by atoms with E-state index in [1.54, 1.807) is 42.7 Å². The van der Waals surface area contributed by atoms with Gasteiger partial charge in [-0.2, -0.15) is 0 Å². The van der Waals surface area contributed by atoms with E-state index in [2.05, 4.69) is 45.9 Å². The molecule has 1 atom stereocenters. The number of allylic oxidation sites excluding steroid dienone is 4. The average molecular weight is 561 g/mol. The maximum Gasteiger partial charge on any atom is 0.189 e. The molecule has 0 saturated heterocycles. The van der Waals surface area contributed by atoms with E-state index in [0.29, 0.717) is 0 Å². The molecular formula is C33H40O6Si. The summed E-state index contributed by atoms with van der Waals surface area (Å²) in [6.45, 7) is 8.95. The minimum atomic E-state index is -3.32. The van der Waals surface area contributed by atoms with Crippen LogP contribution in [0.3, 0.4) is 0 Å². The summed E-state index contributed by atoms with van der Waals surface area (Å²) >= 11 is 0. The Balaban J connectivity index is 2.39. The molecule has 3 aromatic carbocycles. The fourth-order valence-corrected chi connectivity index (χ4v) is 12.3. The monoisotopic (exact) mass is 560 g/mol. The largest absolute Gasteiger partial charge is 0.497 e. The predicted molar refractivity (Wildman–Crippen MR) is 164 cm³/mol. The molecule has 1 aliphatic carbocycles. The Hall–Kier alpha value is -3.84. The highest BCUT2D eigenvalue weighted by atomic mass is 28.3. The van der Waals surface area contributed by atoms with Gasteiger partial charge in [-0.25, -0.2) is 0 Å². The van der Waals surface area contributed by atoms with Gasteiger partial charge < -0.3 is 28.4 Å². The van der Waals surface area contributed by atoms with E-state index in [9.17, 15) is 0 Å². The third-order valence-corrected chi connectivity index (χ3v) is 13.7. The van der Waals surface area contributed by atoms with Gasteiger partial charge in [-0.15, -0.1) is 0 Å². The molecule has 0 heterocycles. The molecule has 6 nitrogen and oxygen atoms in total. The van der Waals surface area contributed by atoms with Crippen LogP contribution in [0.2, 0.25) is 0 Å². The van der Waals surface area contributed by atoms with E-state index >= 15 is 0 Å². The van der Waals surface area contributed by atoms with Crippen LogP contribution in [0.15, 0.2) is 76.5 Å². The quantitative estimate of drug-likeness (QED) is 0.256. The van der Waals surface area contributed by atoms with Crippen molar-refractivity contribution >= 4 is 23.6 Å². The molecular weight excluding hydrogens is 520 g/mol. The first-order chi connectivity index (χ1) is 19.2. The van der Waals surface area contributed by atoms with Gasteiger partial charge in [0.25, 0.3) is 0 Å². The van der Waals surface area contributed by atoms with Crippen molar-refractivity contribution in [3.8, 4) is 34.5 Å². The summed E-state index contributed by atoms with van der Waals surface area (Å²) in [6.07, 6.45) is 0. The van der Waals surface area contributed by atoms with Crippen LogP contribution in [0.25, 0.3) is 0 Å². The highest BCUT2D eigenvalue weighted by Crippen LogP contribution is 2.44. The maximum atomic E-state index is 6.14. The van der Waals surface area contributed by atoms with Crippen molar-refractivity contribution in [2.24, 2.45) is 5.92 Å². The van der Waals surface area contributed by atoms with Crippen molar-refractivity contribution in [1.82, 2.24) is 0 Å². The molecule has 4 rings (SSSR count). The summed E-state index contributed by atoms with van der Waals surface area (Å²) in [5.74, 6) is 4.64. The maximum absolute atomic E-state index is 6.14. The van der Waals surface area contributed by atoms with E-state index in [1.165, 1.54) is 21.9 Å². The molecule has 212 valence electrons. The van der Waals surface area contributed by atoms with Crippen molar-refractivity contribution in [1.29, 1.82) is 0 Å². The van der Waals surface area contributed by atoms with Crippen LogP contribution in [-0.4, -0.2) is 50.7 Å². The van der Waals surface area contributed by atoms with Crippen LogP contribution < -0.4 is 44.0 Å². The minimum absolute atomic E-state index is 0.148. The Bertz CT molecular complexity index is 1340. The Morgan fingerprint density at radius 1 is 0.500 bits per heavy atom. The number of hydrogen-bond donors (Lipinski definition) is 0. The van der Waals surface area contributed by atoms with Gasteiger partial charge in [-0.05, 0) is 86.9 Å². The third-order valence-electron chi connectivity index (χ3n) is 8.48. The second kappa shape index (κ2) is 11.7. The second-order valence-corrected chi connectivity index (χ2v) is 13.7. The van der Waals surface area contributed by atoms with Crippen molar-refractivity contribution in [2.75, 3.05) is 42.7 Å². The molecule has 0 radical (unpaired) electrons. The summed E-state index contributed by atoms with van der Waals surface area (Å²) in [5, 5.41) is 4.40. The third kappa shape index (κ3) is 4.52. The lowest BCUT2D eigenvalue weighted by Crippen LogP contribution is -2.70. The smallest absolute Gasteiger partial charge is 0.189 e. The van der Waals surface area contributed by atoms with E-state index in [4.69, 9.17) is 28.4 Å². The van der Waals surface area contributed by atoms with Crippen molar-refractivity contribution < 1.29 is 28.4 Å². The highest BCUT2D eigenvalue weighted by molar-refractivity contribution is 7.17. The molecule has 0 fully saturated rings. The molecule has 0 amide bonds. The summed E-state index contributed by atoms with van der Waals surface area (Å²) in [4.78, 5) is 0. The van der Waals surface area contributed by atoms with E-state index < -0.39 is 8.07 Å². The molecule has 40 heavy (non-hydrogen) atoms. The standard InChI is InChI=1S/C33H40O6Si/c1-20-21(2)23(4)33(22(20)3)40(30-17-24(34-5)11-14-27(30)37-8,31-18-25(35-6)12-15-28(31)38-9)32-19-26(36-7)13-16-29(32)39-10/h11-19,22H,1-10H3. The minimum Gasteiger partial charge on any atom is -0.497 e. The molecule has 1 aliphatic rings. The van der Waals surface area contributed by atoms with Gasteiger partial charge in [0.05, 0.1) is 42.7 Å². The van der Waals surface area contributed by atoms with Crippen LogP contribution in [0.4, 0.5) is 0 Å². The molecule has 0 aromatic heterocycles. The van der Waals surface area contributed by atoms with Gasteiger partial charge in [0.2, 0.25) is 0 Å². The lowest BCUT2D eigenvalue weighted by molar-refractivity contribution is 0.403. The van der Waals surface area contributed by atoms with E-state index in [1.807, 2.05) is 36.4 Å². The summed E-state index contributed by atoms with van der Waals surface area (Å²) in [5.41, 5.74) is 3.90. The number of benzene rings is 3. The number of ether oxygens (including phenoxy) is 6. The van der Waals surface area contributed by atoms with E-state index in [0.717, 1.165) is 50.1 Å². The van der Waals surface area contributed by atoms with Crippen LogP contribution >= 0.6 is 0 Å². The van der Waals surface area contributed by atoms with Crippen LogP contribution in [0.1, 0.15) is 27.7 Å². The number of hydrogen-bond acceptors (Lipinski definition) is 6.